The van der Waals surface area contributed by atoms with Crippen LogP contribution in [0, 0.1) is 0 Å². The van der Waals surface area contributed by atoms with Crippen LogP contribution in [0.4, 0.5) is 5.69 Å². The molecule has 2 heterocycles. The molecule has 2 aliphatic rings. The molecule has 0 saturated carbocycles. The van der Waals surface area contributed by atoms with Gasteiger partial charge in [0.2, 0.25) is 11.8 Å². The molecule has 0 spiro atoms. The highest BCUT2D eigenvalue weighted by atomic mass is 16.5. The quantitative estimate of drug-likeness (QED) is 0.925. The van der Waals surface area contributed by atoms with Crippen molar-refractivity contribution >= 4 is 17.5 Å². The summed E-state index contributed by atoms with van der Waals surface area (Å²) in [4.78, 5) is 25.5. The minimum absolute atomic E-state index is 0.0292. The Kier molecular flexibility index (Phi) is 4.73. The van der Waals surface area contributed by atoms with E-state index in [0.29, 0.717) is 19.6 Å². The van der Waals surface area contributed by atoms with E-state index in [1.54, 1.807) is 0 Å². The van der Waals surface area contributed by atoms with E-state index in [1.165, 1.54) is 0 Å². The van der Waals surface area contributed by atoms with Crippen LogP contribution in [0.25, 0.3) is 0 Å². The zero-order valence-electron chi connectivity index (χ0n) is 12.7. The normalized spacial score (nSPS) is 21.9. The molecule has 0 bridgehead atoms. The van der Waals surface area contributed by atoms with Crippen molar-refractivity contribution in [1.29, 1.82) is 0 Å². The first kappa shape index (κ1) is 15.0. The van der Waals surface area contributed by atoms with Crippen LogP contribution < -0.4 is 10.2 Å². The van der Waals surface area contributed by atoms with Crippen molar-refractivity contribution in [2.24, 2.45) is 0 Å². The first-order chi connectivity index (χ1) is 10.7. The molecule has 22 heavy (non-hydrogen) atoms. The number of benzene rings is 1. The number of hydrogen-bond acceptors (Lipinski definition) is 3. The molecule has 2 amide bonds. The van der Waals surface area contributed by atoms with Gasteiger partial charge in [-0.3, -0.25) is 9.59 Å². The van der Waals surface area contributed by atoms with E-state index in [9.17, 15) is 9.59 Å². The van der Waals surface area contributed by atoms with Gasteiger partial charge in [0.15, 0.2) is 0 Å². The number of nitrogens with one attached hydrogen (secondary N) is 1. The van der Waals surface area contributed by atoms with Crippen LogP contribution in [0.3, 0.4) is 0 Å². The van der Waals surface area contributed by atoms with Crippen molar-refractivity contribution in [2.75, 3.05) is 18.1 Å². The maximum Gasteiger partial charge on any atom is 0.249 e. The topological polar surface area (TPSA) is 58.6 Å². The third kappa shape index (κ3) is 3.47. The van der Waals surface area contributed by atoms with E-state index in [4.69, 9.17) is 4.74 Å². The van der Waals surface area contributed by atoms with Crippen LogP contribution >= 0.6 is 0 Å². The van der Waals surface area contributed by atoms with Crippen LogP contribution in [0.2, 0.25) is 0 Å². The van der Waals surface area contributed by atoms with Crippen LogP contribution in [-0.2, 0) is 20.9 Å². The lowest BCUT2D eigenvalue weighted by atomic mass is 10.1. The minimum Gasteiger partial charge on any atom is -0.368 e. The van der Waals surface area contributed by atoms with Gasteiger partial charge in [-0.15, -0.1) is 0 Å². The number of carbonyl (C=O) groups is 2. The Morgan fingerprint density at radius 1 is 1.23 bits per heavy atom. The standard InChI is InChI=1S/C17H22N2O3/c20-16-5-3-10-19(16)14-8-6-13(7-9-14)12-18-17(21)15-4-1-2-11-22-15/h6-9,15H,1-5,10-12H2,(H,18,21)/t15-/m1/s1. The SMILES string of the molecule is O=C(NCc1ccc(N2CCCC2=O)cc1)[C@H]1CCCCO1. The Morgan fingerprint density at radius 3 is 2.68 bits per heavy atom. The maximum absolute atomic E-state index is 12.0. The average Bonchev–Trinajstić information content (AvgIpc) is 3.00. The fourth-order valence-electron chi connectivity index (χ4n) is 2.97. The van der Waals surface area contributed by atoms with Gasteiger partial charge in [-0.25, -0.2) is 0 Å². The molecule has 0 unspecified atom stereocenters. The molecule has 5 nitrogen and oxygen atoms in total. The van der Waals surface area contributed by atoms with E-state index >= 15 is 0 Å². The molecule has 1 atom stereocenters. The van der Waals surface area contributed by atoms with E-state index in [0.717, 1.165) is 43.5 Å². The highest BCUT2D eigenvalue weighted by Gasteiger charge is 2.22. The van der Waals surface area contributed by atoms with Gasteiger partial charge in [0.25, 0.3) is 0 Å². The summed E-state index contributed by atoms with van der Waals surface area (Å²) in [7, 11) is 0. The highest BCUT2D eigenvalue weighted by Crippen LogP contribution is 2.21. The zero-order chi connectivity index (χ0) is 15.4. The molecule has 0 radical (unpaired) electrons. The summed E-state index contributed by atoms with van der Waals surface area (Å²) in [6.45, 7) is 1.97. The van der Waals surface area contributed by atoms with Gasteiger partial charge in [-0.05, 0) is 43.4 Å². The highest BCUT2D eigenvalue weighted by molar-refractivity contribution is 5.95. The first-order valence-corrected chi connectivity index (χ1v) is 8.03. The fraction of sp³-hybridized carbons (Fsp3) is 0.529. The molecule has 3 rings (SSSR count). The Bertz CT molecular complexity index is 535. The van der Waals surface area contributed by atoms with Crippen LogP contribution in [0.15, 0.2) is 24.3 Å². The summed E-state index contributed by atoms with van der Waals surface area (Å²) in [6, 6.07) is 7.81. The average molecular weight is 302 g/mol. The zero-order valence-corrected chi connectivity index (χ0v) is 12.7. The molecular weight excluding hydrogens is 280 g/mol. The van der Waals surface area contributed by atoms with Crippen molar-refractivity contribution in [3.8, 4) is 0 Å². The van der Waals surface area contributed by atoms with Gasteiger partial charge in [0, 0.05) is 31.8 Å². The second-order valence-electron chi connectivity index (χ2n) is 5.89. The number of hydrogen-bond donors (Lipinski definition) is 1. The number of anilines is 1. The van der Waals surface area contributed by atoms with Gasteiger partial charge in [-0.2, -0.15) is 0 Å². The van der Waals surface area contributed by atoms with Gasteiger partial charge in [-0.1, -0.05) is 12.1 Å². The smallest absolute Gasteiger partial charge is 0.249 e. The second kappa shape index (κ2) is 6.92. The molecule has 2 fully saturated rings. The Balaban J connectivity index is 1.52. The number of nitrogens with zero attached hydrogens (tertiary/aromatic N) is 1. The molecule has 1 N–H and O–H groups in total. The van der Waals surface area contributed by atoms with Gasteiger partial charge in [0.05, 0.1) is 0 Å². The van der Waals surface area contributed by atoms with E-state index in [2.05, 4.69) is 5.32 Å². The fourth-order valence-corrected chi connectivity index (χ4v) is 2.97. The third-order valence-electron chi connectivity index (χ3n) is 4.26. The summed E-state index contributed by atoms with van der Waals surface area (Å²) in [5.41, 5.74) is 1.97. The van der Waals surface area contributed by atoms with Crippen molar-refractivity contribution in [1.82, 2.24) is 5.32 Å². The van der Waals surface area contributed by atoms with Crippen molar-refractivity contribution in [3.63, 3.8) is 0 Å². The predicted octanol–water partition coefficient (Wildman–Crippen LogP) is 2.00. The summed E-state index contributed by atoms with van der Waals surface area (Å²) < 4.78 is 5.47. The largest absolute Gasteiger partial charge is 0.368 e. The van der Waals surface area contributed by atoms with Crippen LogP contribution in [0.5, 0.6) is 0 Å². The van der Waals surface area contributed by atoms with E-state index in [-0.39, 0.29) is 17.9 Å². The summed E-state index contributed by atoms with van der Waals surface area (Å²) in [5.74, 6) is 0.161. The minimum atomic E-state index is -0.296. The van der Waals surface area contributed by atoms with Crippen LogP contribution in [0.1, 0.15) is 37.7 Å². The van der Waals surface area contributed by atoms with Crippen molar-refractivity contribution in [3.05, 3.63) is 29.8 Å². The summed E-state index contributed by atoms with van der Waals surface area (Å²) in [5, 5.41) is 2.92. The molecule has 2 saturated heterocycles. The maximum atomic E-state index is 12.0. The Labute approximate surface area is 130 Å². The summed E-state index contributed by atoms with van der Waals surface area (Å²) in [6.07, 6.45) is 4.17. The summed E-state index contributed by atoms with van der Waals surface area (Å²) >= 11 is 0. The number of amides is 2. The monoisotopic (exact) mass is 302 g/mol. The Hall–Kier alpha value is -1.88. The number of ether oxygens (including phenoxy) is 1. The molecule has 1 aromatic rings. The van der Waals surface area contributed by atoms with E-state index < -0.39 is 0 Å². The number of carbonyl (C=O) groups excluding carboxylic acids is 2. The van der Waals surface area contributed by atoms with Crippen LogP contribution in [-0.4, -0.2) is 31.1 Å². The lowest BCUT2D eigenvalue weighted by molar-refractivity contribution is -0.135. The number of rotatable bonds is 4. The molecule has 0 aliphatic carbocycles. The molecule has 5 heteroatoms. The molecule has 2 aliphatic heterocycles. The van der Waals surface area contributed by atoms with Crippen molar-refractivity contribution in [2.45, 2.75) is 44.8 Å². The van der Waals surface area contributed by atoms with Gasteiger partial charge in [0.1, 0.15) is 6.10 Å². The lowest BCUT2D eigenvalue weighted by Crippen LogP contribution is -2.37. The van der Waals surface area contributed by atoms with Gasteiger partial charge >= 0.3 is 0 Å². The molecule has 118 valence electrons. The second-order valence-corrected chi connectivity index (χ2v) is 5.89. The third-order valence-corrected chi connectivity index (χ3v) is 4.26. The molecule has 1 aromatic carbocycles. The lowest BCUT2D eigenvalue weighted by Gasteiger charge is -2.21. The molecular formula is C17H22N2O3. The Morgan fingerprint density at radius 2 is 2.05 bits per heavy atom. The van der Waals surface area contributed by atoms with Gasteiger partial charge < -0.3 is 15.0 Å². The van der Waals surface area contributed by atoms with Crippen molar-refractivity contribution < 1.29 is 14.3 Å². The first-order valence-electron chi connectivity index (χ1n) is 8.03. The molecule has 0 aromatic heterocycles. The van der Waals surface area contributed by atoms with E-state index in [1.807, 2.05) is 29.2 Å². The predicted molar refractivity (Wildman–Crippen MR) is 83.5 cm³/mol.